The summed E-state index contributed by atoms with van der Waals surface area (Å²) in [5, 5.41) is 5.29. The molecule has 1 N–H and O–H groups in total. The zero-order valence-electron chi connectivity index (χ0n) is 21.3. The number of carbonyl (C=O) groups is 1. The highest BCUT2D eigenvalue weighted by Crippen LogP contribution is 2.35. The predicted octanol–water partition coefficient (Wildman–Crippen LogP) is 7.41. The summed E-state index contributed by atoms with van der Waals surface area (Å²) in [7, 11) is 0. The average molecular weight is 516 g/mol. The van der Waals surface area contributed by atoms with E-state index in [2.05, 4.69) is 10.1 Å². The molecule has 5 rings (SSSR count). The van der Waals surface area contributed by atoms with E-state index in [0.29, 0.717) is 34.6 Å². The fourth-order valence-electron chi connectivity index (χ4n) is 4.22. The highest BCUT2D eigenvalue weighted by molar-refractivity contribution is 5.85. The Bertz CT molecular complexity index is 1620. The third-order valence-electron chi connectivity index (χ3n) is 6.53. The number of fused-ring (bicyclic) bond motifs is 1. The number of carbonyl (C=O) groups excluding carboxylic acids is 1. The molecule has 2 aromatic heterocycles. The van der Waals surface area contributed by atoms with Crippen LogP contribution in [0, 0.1) is 24.5 Å². The zero-order chi connectivity index (χ0) is 26.8. The molecule has 1 atom stereocenters. The third-order valence-corrected chi connectivity index (χ3v) is 6.53. The normalized spacial score (nSPS) is 12.0. The molecule has 194 valence electrons. The van der Waals surface area contributed by atoms with Crippen LogP contribution < -0.4 is 9.47 Å². The van der Waals surface area contributed by atoms with Crippen LogP contribution in [0.15, 0.2) is 73.1 Å². The first-order valence-corrected chi connectivity index (χ1v) is 12.4. The van der Waals surface area contributed by atoms with Gasteiger partial charge in [-0.1, -0.05) is 38.1 Å². The minimum absolute atomic E-state index is 0.120. The van der Waals surface area contributed by atoms with Crippen LogP contribution in [-0.2, 0) is 11.3 Å². The summed E-state index contributed by atoms with van der Waals surface area (Å²) in [6.07, 6.45) is 3.75. The highest BCUT2D eigenvalue weighted by Gasteiger charge is 2.17. The first kappa shape index (κ1) is 25.2. The van der Waals surface area contributed by atoms with E-state index >= 15 is 0 Å². The van der Waals surface area contributed by atoms with E-state index in [4.69, 9.17) is 9.47 Å². The molecule has 5 aromatic rings. The van der Waals surface area contributed by atoms with Crippen molar-refractivity contribution in [1.82, 2.24) is 14.8 Å². The van der Waals surface area contributed by atoms with Gasteiger partial charge in [-0.25, -0.2) is 8.78 Å². The van der Waals surface area contributed by atoms with E-state index in [1.165, 1.54) is 16.9 Å². The standard InChI is InChI=1S/C30H27F2N3O3/c1-4-18(2)30(36)38-22-9-5-7-20(13-22)16-35-17-26(32)28(34-35)21-8-6-10-23(14-21)37-29-19(3)24-11-12-33-27(24)15-25(29)31/h5-15,17-18,33H,4,16H2,1-3H3. The van der Waals surface area contributed by atoms with Crippen molar-refractivity contribution < 1.29 is 23.0 Å². The second kappa shape index (κ2) is 10.5. The van der Waals surface area contributed by atoms with Gasteiger partial charge in [0.1, 0.15) is 17.2 Å². The van der Waals surface area contributed by atoms with Crippen molar-refractivity contribution in [3.05, 3.63) is 95.8 Å². The van der Waals surface area contributed by atoms with Crippen LogP contribution in [0.3, 0.4) is 0 Å². The van der Waals surface area contributed by atoms with Gasteiger partial charge in [-0.15, -0.1) is 0 Å². The van der Waals surface area contributed by atoms with E-state index in [0.717, 1.165) is 10.9 Å². The van der Waals surface area contributed by atoms with Crippen LogP contribution in [-0.4, -0.2) is 20.7 Å². The number of nitrogens with zero attached hydrogens (tertiary/aromatic N) is 2. The molecule has 0 spiro atoms. The van der Waals surface area contributed by atoms with Crippen molar-refractivity contribution in [1.29, 1.82) is 0 Å². The molecule has 0 bridgehead atoms. The number of esters is 1. The maximum atomic E-state index is 14.9. The van der Waals surface area contributed by atoms with Crippen LogP contribution >= 0.6 is 0 Å². The Morgan fingerprint density at radius 3 is 2.66 bits per heavy atom. The van der Waals surface area contributed by atoms with Gasteiger partial charge < -0.3 is 14.5 Å². The Morgan fingerprint density at radius 2 is 1.84 bits per heavy atom. The molecule has 0 radical (unpaired) electrons. The minimum Gasteiger partial charge on any atom is -0.454 e. The van der Waals surface area contributed by atoms with Crippen molar-refractivity contribution in [2.24, 2.45) is 5.92 Å². The molecule has 0 saturated carbocycles. The quantitative estimate of drug-likeness (QED) is 0.173. The fourth-order valence-corrected chi connectivity index (χ4v) is 4.22. The first-order valence-electron chi connectivity index (χ1n) is 12.4. The minimum atomic E-state index is -0.502. The summed E-state index contributed by atoms with van der Waals surface area (Å²) in [5.74, 6) is -0.558. The second-order valence-electron chi connectivity index (χ2n) is 9.28. The van der Waals surface area contributed by atoms with Gasteiger partial charge in [0, 0.05) is 34.3 Å². The summed E-state index contributed by atoms with van der Waals surface area (Å²) in [6, 6.07) is 17.1. The Balaban J connectivity index is 1.36. The van der Waals surface area contributed by atoms with E-state index in [1.807, 2.05) is 26.0 Å². The lowest BCUT2D eigenvalue weighted by molar-refractivity contribution is -0.138. The molecule has 1 unspecified atom stereocenters. The fraction of sp³-hybridized carbons (Fsp3) is 0.200. The van der Waals surface area contributed by atoms with Gasteiger partial charge >= 0.3 is 5.97 Å². The molecule has 3 aromatic carbocycles. The number of H-pyrrole nitrogens is 1. The van der Waals surface area contributed by atoms with Crippen LogP contribution in [0.25, 0.3) is 22.2 Å². The van der Waals surface area contributed by atoms with Crippen molar-refractivity contribution in [2.45, 2.75) is 33.7 Å². The number of aromatic nitrogens is 3. The Morgan fingerprint density at radius 1 is 1.05 bits per heavy atom. The Hall–Kier alpha value is -4.46. The van der Waals surface area contributed by atoms with Crippen molar-refractivity contribution in [3.63, 3.8) is 0 Å². The molecular formula is C30H27F2N3O3. The van der Waals surface area contributed by atoms with Crippen molar-refractivity contribution in [2.75, 3.05) is 0 Å². The molecule has 0 aliphatic heterocycles. The Kier molecular flexibility index (Phi) is 6.96. The largest absolute Gasteiger partial charge is 0.454 e. The number of nitrogens with one attached hydrogen (secondary N) is 1. The summed E-state index contributed by atoms with van der Waals surface area (Å²) >= 11 is 0. The van der Waals surface area contributed by atoms with E-state index < -0.39 is 11.6 Å². The molecule has 0 aliphatic rings. The first-order chi connectivity index (χ1) is 18.3. The highest BCUT2D eigenvalue weighted by atomic mass is 19.1. The molecule has 0 fully saturated rings. The van der Waals surface area contributed by atoms with Crippen LogP contribution in [0.5, 0.6) is 17.2 Å². The average Bonchev–Trinajstić information content (AvgIpc) is 3.52. The Labute approximate surface area is 218 Å². The lowest BCUT2D eigenvalue weighted by atomic mass is 10.1. The van der Waals surface area contributed by atoms with Crippen LogP contribution in [0.2, 0.25) is 0 Å². The molecule has 6 nitrogen and oxygen atoms in total. The van der Waals surface area contributed by atoms with Crippen LogP contribution in [0.1, 0.15) is 31.4 Å². The van der Waals surface area contributed by atoms with Crippen molar-refractivity contribution >= 4 is 16.9 Å². The SMILES string of the molecule is CCC(C)C(=O)Oc1cccc(Cn2cc(F)c(-c3cccc(Oc4c(F)cc5[nH]ccc5c4C)c3)n2)c1. The van der Waals surface area contributed by atoms with Crippen LogP contribution in [0.4, 0.5) is 8.78 Å². The molecule has 0 aliphatic carbocycles. The van der Waals surface area contributed by atoms with E-state index in [1.54, 1.807) is 55.6 Å². The lowest BCUT2D eigenvalue weighted by Gasteiger charge is -2.12. The van der Waals surface area contributed by atoms with Gasteiger partial charge in [-0.05, 0) is 49.2 Å². The van der Waals surface area contributed by atoms with E-state index in [9.17, 15) is 13.6 Å². The number of rotatable bonds is 8. The van der Waals surface area contributed by atoms with Gasteiger partial charge in [0.25, 0.3) is 0 Å². The molecule has 2 heterocycles. The molecule has 0 saturated heterocycles. The molecule has 0 amide bonds. The van der Waals surface area contributed by atoms with Crippen molar-refractivity contribution in [3.8, 4) is 28.5 Å². The monoisotopic (exact) mass is 515 g/mol. The molecule has 38 heavy (non-hydrogen) atoms. The summed E-state index contributed by atoms with van der Waals surface area (Å²) in [6.45, 7) is 5.82. The number of aromatic amines is 1. The maximum Gasteiger partial charge on any atom is 0.314 e. The van der Waals surface area contributed by atoms with Gasteiger partial charge in [-0.3, -0.25) is 9.48 Å². The van der Waals surface area contributed by atoms with Gasteiger partial charge in [0.05, 0.1) is 18.7 Å². The van der Waals surface area contributed by atoms with Gasteiger partial charge in [0.15, 0.2) is 17.4 Å². The summed E-state index contributed by atoms with van der Waals surface area (Å²) in [4.78, 5) is 15.1. The number of ether oxygens (including phenoxy) is 2. The van der Waals surface area contributed by atoms with Gasteiger partial charge in [0.2, 0.25) is 0 Å². The predicted molar refractivity (Wildman–Crippen MR) is 141 cm³/mol. The third kappa shape index (κ3) is 5.16. The number of halogens is 2. The zero-order valence-corrected chi connectivity index (χ0v) is 21.3. The summed E-state index contributed by atoms with van der Waals surface area (Å²) in [5.41, 5.74) is 2.80. The van der Waals surface area contributed by atoms with Gasteiger partial charge in [-0.2, -0.15) is 5.10 Å². The summed E-state index contributed by atoms with van der Waals surface area (Å²) < 4.78 is 42.5. The number of hydrogen-bond acceptors (Lipinski definition) is 4. The topological polar surface area (TPSA) is 69.1 Å². The molecular weight excluding hydrogens is 488 g/mol. The smallest absolute Gasteiger partial charge is 0.314 e. The number of aryl methyl sites for hydroxylation is 1. The maximum absolute atomic E-state index is 14.9. The number of benzene rings is 3. The second-order valence-corrected chi connectivity index (χ2v) is 9.28. The lowest BCUT2D eigenvalue weighted by Crippen LogP contribution is -2.17. The molecule has 8 heteroatoms. The van der Waals surface area contributed by atoms with E-state index in [-0.39, 0.29) is 29.9 Å². The number of hydrogen-bond donors (Lipinski definition) is 1.